The van der Waals surface area contributed by atoms with Gasteiger partial charge in [-0.25, -0.2) is 9.97 Å². The van der Waals surface area contributed by atoms with Crippen LogP contribution in [0.15, 0.2) is 12.4 Å². The molecule has 7 nitrogen and oxygen atoms in total. The summed E-state index contributed by atoms with van der Waals surface area (Å²) in [7, 11) is 0. The summed E-state index contributed by atoms with van der Waals surface area (Å²) < 4.78 is 0. The molecular formula is C14H19N5O2. The highest BCUT2D eigenvalue weighted by atomic mass is 16.2. The Balaban J connectivity index is 1.59. The first-order chi connectivity index (χ1) is 10.1. The van der Waals surface area contributed by atoms with E-state index in [1.54, 1.807) is 19.3 Å². The minimum Gasteiger partial charge on any atom is -0.349 e. The molecule has 7 heteroatoms. The molecule has 0 atom stereocenters. The van der Waals surface area contributed by atoms with Gasteiger partial charge in [-0.15, -0.1) is 0 Å². The van der Waals surface area contributed by atoms with Crippen LogP contribution in [0.3, 0.4) is 0 Å². The molecule has 0 radical (unpaired) electrons. The number of nitrogens with zero attached hydrogens (tertiary/aromatic N) is 4. The van der Waals surface area contributed by atoms with E-state index >= 15 is 0 Å². The van der Waals surface area contributed by atoms with Gasteiger partial charge in [-0.3, -0.25) is 9.59 Å². The van der Waals surface area contributed by atoms with Gasteiger partial charge in [0.1, 0.15) is 0 Å². The number of hydrogen-bond donors (Lipinski definition) is 1. The van der Waals surface area contributed by atoms with E-state index < -0.39 is 0 Å². The largest absolute Gasteiger partial charge is 0.349 e. The van der Waals surface area contributed by atoms with Crippen molar-refractivity contribution in [2.24, 2.45) is 0 Å². The predicted molar refractivity (Wildman–Crippen MR) is 77.0 cm³/mol. The van der Waals surface area contributed by atoms with Crippen LogP contribution < -0.4 is 10.2 Å². The van der Waals surface area contributed by atoms with Crippen LogP contribution in [0.2, 0.25) is 0 Å². The summed E-state index contributed by atoms with van der Waals surface area (Å²) in [6.07, 6.45) is 5.25. The lowest BCUT2D eigenvalue weighted by Crippen LogP contribution is -2.48. The summed E-state index contributed by atoms with van der Waals surface area (Å²) >= 11 is 0. The maximum absolute atomic E-state index is 11.9. The van der Waals surface area contributed by atoms with Crippen molar-refractivity contribution in [1.82, 2.24) is 20.2 Å². The predicted octanol–water partition coefficient (Wildman–Crippen LogP) is 0.0373. The molecule has 0 unspecified atom stereocenters. The molecular weight excluding hydrogens is 270 g/mol. The van der Waals surface area contributed by atoms with Crippen LogP contribution in [-0.2, 0) is 4.79 Å². The molecule has 1 aromatic rings. The summed E-state index contributed by atoms with van der Waals surface area (Å²) in [5.74, 6) is 0.606. The van der Waals surface area contributed by atoms with Gasteiger partial charge >= 0.3 is 0 Å². The van der Waals surface area contributed by atoms with E-state index in [0.29, 0.717) is 43.7 Å². The monoisotopic (exact) mass is 289 g/mol. The zero-order valence-corrected chi connectivity index (χ0v) is 12.1. The number of piperazine rings is 1. The van der Waals surface area contributed by atoms with Gasteiger partial charge in [-0.05, 0) is 12.8 Å². The number of rotatable bonds is 3. The third-order valence-electron chi connectivity index (χ3n) is 3.82. The zero-order chi connectivity index (χ0) is 14.8. The summed E-state index contributed by atoms with van der Waals surface area (Å²) in [4.78, 5) is 35.5. The Morgan fingerprint density at radius 1 is 1.14 bits per heavy atom. The average molecular weight is 289 g/mol. The molecule has 1 saturated carbocycles. The Kier molecular flexibility index (Phi) is 3.72. The van der Waals surface area contributed by atoms with Gasteiger partial charge in [0.15, 0.2) is 0 Å². The Hall–Kier alpha value is -2.18. The van der Waals surface area contributed by atoms with Crippen LogP contribution in [0.1, 0.15) is 30.1 Å². The van der Waals surface area contributed by atoms with Crippen LogP contribution in [0.5, 0.6) is 0 Å². The highest BCUT2D eigenvalue weighted by molar-refractivity contribution is 5.94. The minimum atomic E-state index is -0.106. The molecule has 2 aliphatic rings. The molecule has 0 bridgehead atoms. The summed E-state index contributed by atoms with van der Waals surface area (Å²) in [6, 6.07) is 0.330. The van der Waals surface area contributed by atoms with E-state index in [4.69, 9.17) is 0 Å². The minimum absolute atomic E-state index is 0.0997. The summed E-state index contributed by atoms with van der Waals surface area (Å²) in [5.41, 5.74) is 0.494. The van der Waals surface area contributed by atoms with Gasteiger partial charge in [0, 0.05) is 51.5 Å². The number of anilines is 1. The lowest BCUT2D eigenvalue weighted by molar-refractivity contribution is -0.129. The van der Waals surface area contributed by atoms with E-state index in [-0.39, 0.29) is 11.8 Å². The molecule has 0 spiro atoms. The van der Waals surface area contributed by atoms with Crippen LogP contribution in [0, 0.1) is 0 Å². The molecule has 3 rings (SSSR count). The third kappa shape index (κ3) is 3.29. The van der Waals surface area contributed by atoms with Crippen molar-refractivity contribution in [3.8, 4) is 0 Å². The van der Waals surface area contributed by atoms with Gasteiger partial charge in [0.25, 0.3) is 5.91 Å². The Bertz CT molecular complexity index is 533. The molecule has 2 fully saturated rings. The lowest BCUT2D eigenvalue weighted by Gasteiger charge is -2.34. The van der Waals surface area contributed by atoms with E-state index in [2.05, 4.69) is 15.3 Å². The van der Waals surface area contributed by atoms with Crippen molar-refractivity contribution in [1.29, 1.82) is 0 Å². The van der Waals surface area contributed by atoms with Gasteiger partial charge in [-0.1, -0.05) is 0 Å². The molecule has 112 valence electrons. The van der Waals surface area contributed by atoms with Gasteiger partial charge < -0.3 is 15.1 Å². The Morgan fingerprint density at radius 2 is 1.76 bits per heavy atom. The number of aromatic nitrogens is 2. The fourth-order valence-electron chi connectivity index (χ4n) is 2.32. The quantitative estimate of drug-likeness (QED) is 0.850. The van der Waals surface area contributed by atoms with Crippen molar-refractivity contribution >= 4 is 17.8 Å². The van der Waals surface area contributed by atoms with Crippen LogP contribution >= 0.6 is 0 Å². The van der Waals surface area contributed by atoms with Gasteiger partial charge in [-0.2, -0.15) is 0 Å². The first kappa shape index (κ1) is 13.8. The topological polar surface area (TPSA) is 78.4 Å². The van der Waals surface area contributed by atoms with Crippen molar-refractivity contribution < 1.29 is 9.59 Å². The molecule has 1 aromatic heterocycles. The number of carbonyl (C=O) groups excluding carboxylic acids is 2. The van der Waals surface area contributed by atoms with Crippen molar-refractivity contribution in [2.45, 2.75) is 25.8 Å². The van der Waals surface area contributed by atoms with Crippen LogP contribution in [0.4, 0.5) is 5.95 Å². The normalized spacial score (nSPS) is 18.5. The first-order valence-corrected chi connectivity index (χ1v) is 7.27. The van der Waals surface area contributed by atoms with Crippen LogP contribution in [0.25, 0.3) is 0 Å². The van der Waals surface area contributed by atoms with Crippen molar-refractivity contribution in [2.75, 3.05) is 31.1 Å². The Morgan fingerprint density at radius 3 is 2.29 bits per heavy atom. The molecule has 21 heavy (non-hydrogen) atoms. The maximum Gasteiger partial charge on any atom is 0.254 e. The van der Waals surface area contributed by atoms with E-state index in [1.165, 1.54) is 0 Å². The van der Waals surface area contributed by atoms with E-state index in [1.807, 2.05) is 9.80 Å². The SMILES string of the molecule is CC(=O)N1CCN(c2ncc(C(=O)NC3CC3)cn2)CC1. The average Bonchev–Trinajstić information content (AvgIpc) is 3.31. The second-order valence-corrected chi connectivity index (χ2v) is 5.51. The molecule has 2 amide bonds. The molecule has 1 saturated heterocycles. The smallest absolute Gasteiger partial charge is 0.254 e. The number of hydrogen-bond acceptors (Lipinski definition) is 5. The van der Waals surface area contributed by atoms with Crippen molar-refractivity contribution in [3.05, 3.63) is 18.0 Å². The number of nitrogens with one attached hydrogen (secondary N) is 1. The molecule has 1 aliphatic heterocycles. The summed E-state index contributed by atoms with van der Waals surface area (Å²) in [6.45, 7) is 4.38. The highest BCUT2D eigenvalue weighted by Crippen LogP contribution is 2.19. The molecule has 0 aromatic carbocycles. The van der Waals surface area contributed by atoms with Crippen molar-refractivity contribution in [3.63, 3.8) is 0 Å². The number of carbonyl (C=O) groups is 2. The molecule has 1 N–H and O–H groups in total. The Labute approximate surface area is 123 Å². The highest BCUT2D eigenvalue weighted by Gasteiger charge is 2.24. The molecule has 1 aliphatic carbocycles. The zero-order valence-electron chi connectivity index (χ0n) is 12.1. The fraction of sp³-hybridized carbons (Fsp3) is 0.571. The maximum atomic E-state index is 11.9. The second-order valence-electron chi connectivity index (χ2n) is 5.51. The van der Waals surface area contributed by atoms with E-state index in [0.717, 1.165) is 12.8 Å². The third-order valence-corrected chi connectivity index (χ3v) is 3.82. The second kappa shape index (κ2) is 5.67. The first-order valence-electron chi connectivity index (χ1n) is 7.27. The molecule has 2 heterocycles. The number of amides is 2. The fourth-order valence-corrected chi connectivity index (χ4v) is 2.32. The van der Waals surface area contributed by atoms with Crippen LogP contribution in [-0.4, -0.2) is 58.9 Å². The lowest BCUT2D eigenvalue weighted by atomic mass is 10.3. The van der Waals surface area contributed by atoms with E-state index in [9.17, 15) is 9.59 Å². The van der Waals surface area contributed by atoms with Gasteiger partial charge in [0.2, 0.25) is 11.9 Å². The standard InChI is InChI=1S/C14H19N5O2/c1-10(20)18-4-6-19(7-5-18)14-15-8-11(9-16-14)13(21)17-12-2-3-12/h8-9,12H,2-7H2,1H3,(H,17,21). The van der Waals surface area contributed by atoms with Gasteiger partial charge in [0.05, 0.1) is 5.56 Å². The summed E-state index contributed by atoms with van der Waals surface area (Å²) in [5, 5.41) is 2.91.